The van der Waals surface area contributed by atoms with Crippen molar-refractivity contribution in [3.8, 4) is 11.1 Å². The lowest BCUT2D eigenvalue weighted by Crippen LogP contribution is -2.38. The average Bonchev–Trinajstić information content (AvgIpc) is 3.00. The quantitative estimate of drug-likeness (QED) is 0.190. The van der Waals surface area contributed by atoms with E-state index in [1.165, 1.54) is 6.08 Å². The second kappa shape index (κ2) is 15.0. The summed E-state index contributed by atoms with van der Waals surface area (Å²) < 4.78 is 18.0. The van der Waals surface area contributed by atoms with Crippen LogP contribution >= 0.6 is 11.8 Å². The molecule has 0 bridgehead atoms. The Hall–Kier alpha value is -3.14. The summed E-state index contributed by atoms with van der Waals surface area (Å²) in [5.74, 6) is 1.50. The van der Waals surface area contributed by atoms with Crippen LogP contribution < -0.4 is 5.32 Å². The molecule has 4 rings (SSSR count). The van der Waals surface area contributed by atoms with E-state index < -0.39 is 12.4 Å². The van der Waals surface area contributed by atoms with E-state index in [1.807, 2.05) is 72.8 Å². The highest BCUT2D eigenvalue weighted by atomic mass is 32.2. The Morgan fingerprint density at radius 1 is 1.02 bits per heavy atom. The van der Waals surface area contributed by atoms with Gasteiger partial charge in [-0.3, -0.25) is 0 Å². The summed E-state index contributed by atoms with van der Waals surface area (Å²) >= 11 is 1.67. The smallest absolute Gasteiger partial charge is 0.407 e. The van der Waals surface area contributed by atoms with E-state index in [0.29, 0.717) is 12.3 Å². The second-order valence-corrected chi connectivity index (χ2v) is 10.8. The highest BCUT2D eigenvalue weighted by Crippen LogP contribution is 2.42. The number of carbonyl (C=O) groups is 1. The molecule has 1 aliphatic heterocycles. The van der Waals surface area contributed by atoms with Crippen molar-refractivity contribution >= 4 is 17.9 Å². The summed E-state index contributed by atoms with van der Waals surface area (Å²) in [6, 6.07) is 23.9. The van der Waals surface area contributed by atoms with Gasteiger partial charge in [-0.1, -0.05) is 92.4 Å². The van der Waals surface area contributed by atoms with Gasteiger partial charge in [0, 0.05) is 29.5 Å². The molecule has 40 heavy (non-hydrogen) atoms. The van der Waals surface area contributed by atoms with E-state index in [4.69, 9.17) is 14.2 Å². The molecule has 1 fully saturated rings. The van der Waals surface area contributed by atoms with Crippen molar-refractivity contribution in [1.29, 1.82) is 0 Å². The zero-order valence-corrected chi connectivity index (χ0v) is 23.5. The van der Waals surface area contributed by atoms with E-state index in [-0.39, 0.29) is 37.9 Å². The maximum absolute atomic E-state index is 11.9. The maximum atomic E-state index is 11.9. The Kier molecular flexibility index (Phi) is 11.2. The van der Waals surface area contributed by atoms with Crippen molar-refractivity contribution in [2.45, 2.75) is 38.6 Å². The van der Waals surface area contributed by atoms with E-state index >= 15 is 0 Å². The number of aliphatic hydroxyl groups is 2. The van der Waals surface area contributed by atoms with E-state index in [9.17, 15) is 15.0 Å². The number of ether oxygens (including phenoxy) is 3. The van der Waals surface area contributed by atoms with Crippen molar-refractivity contribution in [3.63, 3.8) is 0 Å². The molecule has 1 saturated heterocycles. The predicted octanol–water partition coefficient (Wildman–Crippen LogP) is 5.78. The molecule has 212 valence electrons. The molecule has 1 amide bonds. The van der Waals surface area contributed by atoms with Crippen molar-refractivity contribution < 1.29 is 29.2 Å². The number of nitrogens with one attached hydrogen (secondary N) is 1. The molecule has 0 aliphatic carbocycles. The zero-order chi connectivity index (χ0) is 28.3. The molecule has 1 heterocycles. The van der Waals surface area contributed by atoms with Crippen LogP contribution in [0.25, 0.3) is 11.1 Å². The summed E-state index contributed by atoms with van der Waals surface area (Å²) in [6.07, 6.45) is 0.242. The van der Waals surface area contributed by atoms with Crippen LogP contribution in [-0.4, -0.2) is 47.1 Å². The fourth-order valence-corrected chi connectivity index (χ4v) is 5.61. The Balaban J connectivity index is 1.53. The van der Waals surface area contributed by atoms with Crippen LogP contribution in [0.1, 0.15) is 41.6 Å². The third-order valence-corrected chi connectivity index (χ3v) is 7.94. The maximum Gasteiger partial charge on any atom is 0.407 e. The molecule has 0 saturated carbocycles. The topological polar surface area (TPSA) is 97.3 Å². The molecule has 4 atom stereocenters. The SMILES string of the molecule is C=CCOC(=O)NCc1ccccc1-c1ccc(C2OC(CSCCO)C(C)C(c3ccc(CO)cc3)O2)cc1. The zero-order valence-electron chi connectivity index (χ0n) is 22.7. The molecule has 3 aromatic carbocycles. The Labute approximate surface area is 240 Å². The first-order chi connectivity index (χ1) is 19.5. The number of hydrogen-bond acceptors (Lipinski definition) is 7. The minimum absolute atomic E-state index is 0.00153. The van der Waals surface area contributed by atoms with Crippen LogP contribution in [0.5, 0.6) is 0 Å². The van der Waals surface area contributed by atoms with Gasteiger partial charge in [0.05, 0.1) is 25.4 Å². The molecule has 0 spiro atoms. The molecular formula is C32H37NO6S. The van der Waals surface area contributed by atoms with Crippen molar-refractivity contribution in [3.05, 3.63) is 108 Å². The number of amides is 1. The normalized spacial score (nSPS) is 20.6. The van der Waals surface area contributed by atoms with Gasteiger partial charge in [0.15, 0.2) is 6.29 Å². The highest BCUT2D eigenvalue weighted by Gasteiger charge is 2.38. The van der Waals surface area contributed by atoms with E-state index in [1.54, 1.807) is 11.8 Å². The predicted molar refractivity (Wildman–Crippen MR) is 158 cm³/mol. The van der Waals surface area contributed by atoms with E-state index in [0.717, 1.165) is 39.1 Å². The molecule has 7 nitrogen and oxygen atoms in total. The Morgan fingerprint density at radius 3 is 2.45 bits per heavy atom. The number of thioether (sulfide) groups is 1. The second-order valence-electron chi connectivity index (χ2n) is 9.64. The van der Waals surface area contributed by atoms with Gasteiger partial charge in [0.2, 0.25) is 0 Å². The molecule has 3 N–H and O–H groups in total. The number of hydrogen-bond donors (Lipinski definition) is 3. The lowest BCUT2D eigenvalue weighted by Gasteiger charge is -2.41. The molecule has 4 unspecified atom stereocenters. The van der Waals surface area contributed by atoms with Gasteiger partial charge in [0.25, 0.3) is 0 Å². The summed E-state index contributed by atoms with van der Waals surface area (Å²) in [6.45, 7) is 6.31. The van der Waals surface area contributed by atoms with Gasteiger partial charge >= 0.3 is 6.09 Å². The first kappa shape index (κ1) is 29.8. The molecule has 1 aliphatic rings. The summed E-state index contributed by atoms with van der Waals surface area (Å²) in [5, 5.41) is 21.5. The minimum atomic E-state index is -0.552. The van der Waals surface area contributed by atoms with Crippen molar-refractivity contribution in [2.24, 2.45) is 5.92 Å². The number of benzene rings is 3. The lowest BCUT2D eigenvalue weighted by molar-refractivity contribution is -0.268. The Bertz CT molecular complexity index is 1230. The largest absolute Gasteiger partial charge is 0.445 e. The summed E-state index contributed by atoms with van der Waals surface area (Å²) in [4.78, 5) is 11.9. The van der Waals surface area contributed by atoms with E-state index in [2.05, 4.69) is 18.8 Å². The van der Waals surface area contributed by atoms with Gasteiger partial charge in [-0.25, -0.2) is 4.79 Å². The van der Waals surface area contributed by atoms with Crippen LogP contribution in [0.2, 0.25) is 0 Å². The molecule has 0 radical (unpaired) electrons. The average molecular weight is 564 g/mol. The van der Waals surface area contributed by atoms with Crippen LogP contribution in [0.3, 0.4) is 0 Å². The fourth-order valence-electron chi connectivity index (χ4n) is 4.70. The van der Waals surface area contributed by atoms with Crippen LogP contribution in [0.15, 0.2) is 85.5 Å². The third-order valence-electron chi connectivity index (χ3n) is 6.91. The molecule has 8 heteroatoms. The fraction of sp³-hybridized carbons (Fsp3) is 0.344. The van der Waals surface area contributed by atoms with Crippen LogP contribution in [0.4, 0.5) is 4.79 Å². The molecule has 3 aromatic rings. The van der Waals surface area contributed by atoms with Crippen LogP contribution in [-0.2, 0) is 27.4 Å². The van der Waals surface area contributed by atoms with Crippen molar-refractivity contribution in [1.82, 2.24) is 5.32 Å². The number of rotatable bonds is 12. The standard InChI is InChI=1S/C32H37NO6S/c1-3-17-37-32(36)33-19-27-6-4-5-7-28(27)24-12-14-26(15-13-24)31-38-29(21-40-18-16-34)22(2)30(39-31)25-10-8-23(20-35)9-11-25/h3-15,22,29-31,34-35H,1,16-21H2,2H3,(H,33,36). The van der Waals surface area contributed by atoms with Gasteiger partial charge in [0.1, 0.15) is 6.61 Å². The summed E-state index contributed by atoms with van der Waals surface area (Å²) in [7, 11) is 0. The number of alkyl carbamates (subject to hydrolysis) is 1. The first-order valence-corrected chi connectivity index (χ1v) is 14.6. The monoisotopic (exact) mass is 563 g/mol. The molecule has 0 aromatic heterocycles. The van der Waals surface area contributed by atoms with Crippen molar-refractivity contribution in [2.75, 3.05) is 24.7 Å². The van der Waals surface area contributed by atoms with Crippen LogP contribution in [0, 0.1) is 5.92 Å². The Morgan fingerprint density at radius 2 is 1.75 bits per heavy atom. The summed E-state index contributed by atoms with van der Waals surface area (Å²) in [5.41, 5.74) is 5.80. The third kappa shape index (κ3) is 7.74. The molecular weight excluding hydrogens is 526 g/mol. The van der Waals surface area contributed by atoms with Gasteiger partial charge < -0.3 is 29.7 Å². The number of aliphatic hydroxyl groups excluding tert-OH is 2. The first-order valence-electron chi connectivity index (χ1n) is 13.4. The number of carbonyl (C=O) groups excluding carboxylic acids is 1. The lowest BCUT2D eigenvalue weighted by atomic mass is 9.91. The van der Waals surface area contributed by atoms with Gasteiger partial charge in [-0.05, 0) is 27.8 Å². The highest BCUT2D eigenvalue weighted by molar-refractivity contribution is 7.99. The van der Waals surface area contributed by atoms with Gasteiger partial charge in [-0.2, -0.15) is 11.8 Å². The minimum Gasteiger partial charge on any atom is -0.445 e. The van der Waals surface area contributed by atoms with Gasteiger partial charge in [-0.15, -0.1) is 0 Å².